The van der Waals surface area contributed by atoms with Gasteiger partial charge < -0.3 is 5.11 Å². The first-order valence-electron chi connectivity index (χ1n) is 5.17. The molecule has 0 aromatic carbocycles. The summed E-state index contributed by atoms with van der Waals surface area (Å²) in [6.07, 6.45) is 4.11. The molecular weight excluding hydrogens is 224 g/mol. The van der Waals surface area contributed by atoms with E-state index in [0.717, 1.165) is 10.6 Å². The molecule has 0 aliphatic rings. The van der Waals surface area contributed by atoms with Crippen molar-refractivity contribution in [2.45, 2.75) is 19.5 Å². The van der Waals surface area contributed by atoms with Crippen LogP contribution in [0.15, 0.2) is 34.1 Å². The number of aromatic hydroxyl groups is 1. The van der Waals surface area contributed by atoms with Gasteiger partial charge in [-0.15, -0.1) is 0 Å². The van der Waals surface area contributed by atoms with Gasteiger partial charge in [-0.25, -0.2) is 4.79 Å². The smallest absolute Gasteiger partial charge is 0.331 e. The van der Waals surface area contributed by atoms with Crippen LogP contribution in [0, 0.1) is 0 Å². The van der Waals surface area contributed by atoms with Gasteiger partial charge in [-0.05, 0) is 12.5 Å². The Labute approximate surface area is 96.0 Å². The third kappa shape index (κ3) is 2.63. The molecule has 0 aliphatic carbocycles. The molecule has 0 saturated heterocycles. The van der Waals surface area contributed by atoms with Gasteiger partial charge in [-0.3, -0.25) is 19.0 Å². The van der Waals surface area contributed by atoms with Crippen LogP contribution >= 0.6 is 0 Å². The molecule has 2 N–H and O–H groups in total. The third-order valence-corrected chi connectivity index (χ3v) is 2.34. The fraction of sp³-hybridized carbons (Fsp3) is 0.300. The van der Waals surface area contributed by atoms with Crippen molar-refractivity contribution in [3.8, 4) is 5.88 Å². The van der Waals surface area contributed by atoms with E-state index in [1.165, 1.54) is 0 Å². The lowest BCUT2D eigenvalue weighted by atomic mass is 10.4. The van der Waals surface area contributed by atoms with Crippen molar-refractivity contribution >= 4 is 0 Å². The SMILES string of the molecule is O=c1cc(O)n(CCCn2cccn2)c(=O)[nH]1. The summed E-state index contributed by atoms with van der Waals surface area (Å²) in [6, 6.07) is 2.79. The van der Waals surface area contributed by atoms with Crippen molar-refractivity contribution in [2.24, 2.45) is 0 Å². The molecule has 0 fully saturated rings. The van der Waals surface area contributed by atoms with E-state index >= 15 is 0 Å². The molecule has 0 bridgehead atoms. The zero-order valence-corrected chi connectivity index (χ0v) is 9.04. The summed E-state index contributed by atoms with van der Waals surface area (Å²) in [4.78, 5) is 24.4. The van der Waals surface area contributed by atoms with Crippen molar-refractivity contribution in [1.82, 2.24) is 19.3 Å². The summed E-state index contributed by atoms with van der Waals surface area (Å²) >= 11 is 0. The summed E-state index contributed by atoms with van der Waals surface area (Å²) in [7, 11) is 0. The van der Waals surface area contributed by atoms with Crippen LogP contribution in [0.25, 0.3) is 0 Å². The lowest BCUT2D eigenvalue weighted by Crippen LogP contribution is -2.29. The van der Waals surface area contributed by atoms with Gasteiger partial charge in [-0.1, -0.05) is 0 Å². The Hall–Kier alpha value is -2.31. The standard InChI is InChI=1S/C10H12N4O3/c15-8-7-9(16)14(10(17)12-8)6-2-5-13-4-1-3-11-13/h1,3-4,7,16H,2,5-6H2,(H,12,15,17). The number of aryl methyl sites for hydroxylation is 1. The molecule has 0 saturated carbocycles. The molecule has 7 nitrogen and oxygen atoms in total. The van der Waals surface area contributed by atoms with E-state index < -0.39 is 11.2 Å². The number of aromatic nitrogens is 4. The third-order valence-electron chi connectivity index (χ3n) is 2.34. The highest BCUT2D eigenvalue weighted by atomic mass is 16.3. The minimum Gasteiger partial charge on any atom is -0.494 e. The summed E-state index contributed by atoms with van der Waals surface area (Å²) in [5.74, 6) is -0.320. The molecule has 90 valence electrons. The first-order chi connectivity index (χ1) is 8.16. The minimum absolute atomic E-state index is 0.320. The quantitative estimate of drug-likeness (QED) is 0.750. The first kappa shape index (κ1) is 11.2. The van der Waals surface area contributed by atoms with E-state index in [1.54, 1.807) is 10.9 Å². The Morgan fingerprint density at radius 2 is 2.18 bits per heavy atom. The molecule has 0 spiro atoms. The van der Waals surface area contributed by atoms with Gasteiger partial charge >= 0.3 is 5.69 Å². The maximum Gasteiger partial charge on any atom is 0.331 e. The van der Waals surface area contributed by atoms with Gasteiger partial charge in [0.05, 0.1) is 6.07 Å². The zero-order valence-electron chi connectivity index (χ0n) is 9.04. The van der Waals surface area contributed by atoms with Crippen LogP contribution in [0.5, 0.6) is 5.88 Å². The van der Waals surface area contributed by atoms with E-state index in [0.29, 0.717) is 19.5 Å². The van der Waals surface area contributed by atoms with Crippen LogP contribution in [-0.4, -0.2) is 24.4 Å². The van der Waals surface area contributed by atoms with Crippen molar-refractivity contribution in [2.75, 3.05) is 0 Å². The number of hydrogen-bond donors (Lipinski definition) is 2. The average molecular weight is 236 g/mol. The fourth-order valence-corrected chi connectivity index (χ4v) is 1.55. The predicted molar refractivity (Wildman–Crippen MR) is 59.8 cm³/mol. The fourth-order valence-electron chi connectivity index (χ4n) is 1.55. The number of nitrogens with one attached hydrogen (secondary N) is 1. The van der Waals surface area contributed by atoms with Gasteiger partial charge in [0.25, 0.3) is 5.56 Å². The maximum atomic E-state index is 11.4. The number of nitrogens with zero attached hydrogens (tertiary/aromatic N) is 3. The molecule has 0 radical (unpaired) electrons. The monoisotopic (exact) mass is 236 g/mol. The minimum atomic E-state index is -0.601. The molecule has 2 rings (SSSR count). The van der Waals surface area contributed by atoms with Crippen molar-refractivity contribution in [3.05, 3.63) is 45.4 Å². The molecule has 2 aromatic rings. The first-order valence-corrected chi connectivity index (χ1v) is 5.17. The second-order valence-electron chi connectivity index (χ2n) is 3.57. The van der Waals surface area contributed by atoms with Crippen LogP contribution < -0.4 is 11.2 Å². The van der Waals surface area contributed by atoms with Gasteiger partial charge in [0.2, 0.25) is 5.88 Å². The zero-order chi connectivity index (χ0) is 12.3. The number of H-pyrrole nitrogens is 1. The molecule has 17 heavy (non-hydrogen) atoms. The molecule has 0 atom stereocenters. The van der Waals surface area contributed by atoms with Gasteiger partial charge in [0.1, 0.15) is 0 Å². The second-order valence-corrected chi connectivity index (χ2v) is 3.57. The largest absolute Gasteiger partial charge is 0.494 e. The van der Waals surface area contributed by atoms with E-state index in [1.807, 2.05) is 12.3 Å². The van der Waals surface area contributed by atoms with Crippen LogP contribution in [0.3, 0.4) is 0 Å². The molecule has 7 heteroatoms. The highest BCUT2D eigenvalue weighted by molar-refractivity contribution is 5.05. The highest BCUT2D eigenvalue weighted by Gasteiger charge is 2.03. The second kappa shape index (κ2) is 4.69. The lowest BCUT2D eigenvalue weighted by Gasteiger charge is -2.06. The van der Waals surface area contributed by atoms with E-state index in [9.17, 15) is 14.7 Å². The van der Waals surface area contributed by atoms with E-state index in [4.69, 9.17) is 0 Å². The van der Waals surface area contributed by atoms with Crippen molar-refractivity contribution in [1.29, 1.82) is 0 Å². The van der Waals surface area contributed by atoms with Gasteiger partial charge in [0.15, 0.2) is 0 Å². The Bertz CT molecular complexity index is 597. The lowest BCUT2D eigenvalue weighted by molar-refractivity contribution is 0.389. The molecule has 2 aromatic heterocycles. The molecule has 0 aliphatic heterocycles. The number of hydrogen-bond acceptors (Lipinski definition) is 4. The van der Waals surface area contributed by atoms with E-state index in [-0.39, 0.29) is 5.88 Å². The highest BCUT2D eigenvalue weighted by Crippen LogP contribution is 2.02. The van der Waals surface area contributed by atoms with Crippen LogP contribution in [-0.2, 0) is 13.1 Å². The summed E-state index contributed by atoms with van der Waals surface area (Å²) < 4.78 is 2.85. The summed E-state index contributed by atoms with van der Waals surface area (Å²) in [5.41, 5.74) is -1.20. The Kier molecular flexibility index (Phi) is 3.08. The number of aromatic amines is 1. The normalized spacial score (nSPS) is 10.6. The Balaban J connectivity index is 2.04. The molecule has 0 unspecified atom stereocenters. The maximum absolute atomic E-state index is 11.4. The molecule has 2 heterocycles. The van der Waals surface area contributed by atoms with Gasteiger partial charge in [0, 0.05) is 25.5 Å². The van der Waals surface area contributed by atoms with Crippen LogP contribution in [0.2, 0.25) is 0 Å². The van der Waals surface area contributed by atoms with Crippen molar-refractivity contribution < 1.29 is 5.11 Å². The van der Waals surface area contributed by atoms with E-state index in [2.05, 4.69) is 10.1 Å². The van der Waals surface area contributed by atoms with Crippen molar-refractivity contribution in [3.63, 3.8) is 0 Å². The topological polar surface area (TPSA) is 92.9 Å². The van der Waals surface area contributed by atoms with Crippen LogP contribution in [0.1, 0.15) is 6.42 Å². The van der Waals surface area contributed by atoms with Crippen LogP contribution in [0.4, 0.5) is 0 Å². The van der Waals surface area contributed by atoms with Gasteiger partial charge in [-0.2, -0.15) is 5.10 Å². The Morgan fingerprint density at radius 3 is 2.82 bits per heavy atom. The summed E-state index contributed by atoms with van der Waals surface area (Å²) in [6.45, 7) is 0.958. The molecule has 0 amide bonds. The number of rotatable bonds is 4. The Morgan fingerprint density at radius 1 is 1.35 bits per heavy atom. The predicted octanol–water partition coefficient (Wildman–Crippen LogP) is -0.471. The summed E-state index contributed by atoms with van der Waals surface area (Å²) in [5, 5.41) is 13.5. The molecular formula is C10H12N4O3. The average Bonchev–Trinajstić information content (AvgIpc) is 2.74.